The van der Waals surface area contributed by atoms with Gasteiger partial charge in [-0.15, -0.1) is 24.0 Å². The SMILES string of the molecule is CCNC(=NCC1CC(=O)N(CCc2ccccc2)C1)NCCCOCc1ccco1.I. The van der Waals surface area contributed by atoms with Crippen molar-refractivity contribution in [2.24, 2.45) is 10.9 Å². The van der Waals surface area contributed by atoms with Crippen LogP contribution in [0, 0.1) is 5.92 Å². The summed E-state index contributed by atoms with van der Waals surface area (Å²) >= 11 is 0. The number of carbonyl (C=O) groups excluding carboxylic acids is 1. The lowest BCUT2D eigenvalue weighted by Gasteiger charge is -2.16. The van der Waals surface area contributed by atoms with Crippen molar-refractivity contribution in [2.75, 3.05) is 39.3 Å². The molecule has 1 aromatic carbocycles. The van der Waals surface area contributed by atoms with Crippen LogP contribution in [0.25, 0.3) is 0 Å². The van der Waals surface area contributed by atoms with Gasteiger partial charge in [-0.3, -0.25) is 9.79 Å². The number of nitrogens with one attached hydrogen (secondary N) is 2. The number of furan rings is 1. The van der Waals surface area contributed by atoms with Crippen LogP contribution in [-0.2, 0) is 22.6 Å². The number of benzene rings is 1. The summed E-state index contributed by atoms with van der Waals surface area (Å²) in [5.74, 6) is 2.15. The zero-order chi connectivity index (χ0) is 21.7. The molecule has 1 amide bonds. The number of amides is 1. The Hall–Kier alpha value is -2.07. The maximum absolute atomic E-state index is 12.4. The molecule has 176 valence electrons. The van der Waals surface area contributed by atoms with Crippen LogP contribution < -0.4 is 10.6 Å². The standard InChI is InChI=1S/C24H34N4O3.HI/c1-2-25-24(26-12-7-14-30-19-22-10-6-15-31-22)27-17-21-16-23(29)28(18-21)13-11-20-8-4-3-5-9-20;/h3-6,8-10,15,21H,2,7,11-14,16-19H2,1H3,(H2,25,26,27);1H. The first kappa shape index (κ1) is 26.2. The highest BCUT2D eigenvalue weighted by molar-refractivity contribution is 14.0. The van der Waals surface area contributed by atoms with Crippen molar-refractivity contribution in [1.29, 1.82) is 0 Å². The van der Waals surface area contributed by atoms with E-state index >= 15 is 0 Å². The van der Waals surface area contributed by atoms with E-state index in [2.05, 4.69) is 22.8 Å². The van der Waals surface area contributed by atoms with Crippen LogP contribution in [0.5, 0.6) is 0 Å². The molecule has 2 aromatic rings. The van der Waals surface area contributed by atoms with Crippen LogP contribution >= 0.6 is 24.0 Å². The number of hydrogen-bond acceptors (Lipinski definition) is 4. The van der Waals surface area contributed by atoms with Gasteiger partial charge in [-0.05, 0) is 37.5 Å². The monoisotopic (exact) mass is 554 g/mol. The van der Waals surface area contributed by atoms with Gasteiger partial charge >= 0.3 is 0 Å². The summed E-state index contributed by atoms with van der Waals surface area (Å²) in [6.07, 6.45) is 4.01. The number of ether oxygens (including phenoxy) is 1. The number of nitrogens with zero attached hydrogens (tertiary/aromatic N) is 2. The minimum absolute atomic E-state index is 0. The zero-order valence-electron chi connectivity index (χ0n) is 18.8. The second-order valence-corrected chi connectivity index (χ2v) is 7.78. The molecular weight excluding hydrogens is 519 g/mol. The molecule has 1 aromatic heterocycles. The maximum atomic E-state index is 12.4. The van der Waals surface area contributed by atoms with E-state index in [0.717, 1.165) is 50.7 Å². The van der Waals surface area contributed by atoms with Crippen molar-refractivity contribution in [3.63, 3.8) is 0 Å². The number of guanidine groups is 1. The van der Waals surface area contributed by atoms with Gasteiger partial charge in [-0.25, -0.2) is 0 Å². The quantitative estimate of drug-likeness (QED) is 0.182. The molecule has 7 nitrogen and oxygen atoms in total. The Kier molecular flexibility index (Phi) is 12.2. The first-order valence-corrected chi connectivity index (χ1v) is 11.2. The number of halogens is 1. The molecule has 0 spiro atoms. The molecule has 0 saturated carbocycles. The first-order valence-electron chi connectivity index (χ1n) is 11.2. The highest BCUT2D eigenvalue weighted by Crippen LogP contribution is 2.18. The van der Waals surface area contributed by atoms with Gasteiger partial charge in [0.1, 0.15) is 12.4 Å². The molecule has 8 heteroatoms. The molecule has 1 fully saturated rings. The van der Waals surface area contributed by atoms with E-state index in [1.165, 1.54) is 5.56 Å². The predicted molar refractivity (Wildman–Crippen MR) is 137 cm³/mol. The molecule has 1 atom stereocenters. The number of hydrogen-bond donors (Lipinski definition) is 2. The van der Waals surface area contributed by atoms with Gasteiger partial charge in [-0.2, -0.15) is 0 Å². The Labute approximate surface area is 208 Å². The first-order chi connectivity index (χ1) is 15.2. The molecule has 1 aliphatic rings. The normalized spacial score (nSPS) is 16.2. The number of carbonyl (C=O) groups is 1. The van der Waals surface area contributed by atoms with Crippen LogP contribution in [0.2, 0.25) is 0 Å². The van der Waals surface area contributed by atoms with E-state index in [-0.39, 0.29) is 35.8 Å². The van der Waals surface area contributed by atoms with Crippen LogP contribution in [0.4, 0.5) is 0 Å². The summed E-state index contributed by atoms with van der Waals surface area (Å²) in [6, 6.07) is 14.1. The molecular formula is C24H35IN4O3. The van der Waals surface area contributed by atoms with E-state index in [1.807, 2.05) is 42.2 Å². The second-order valence-electron chi connectivity index (χ2n) is 7.78. The Morgan fingerprint density at radius 2 is 2.06 bits per heavy atom. The van der Waals surface area contributed by atoms with Gasteiger partial charge in [0.2, 0.25) is 5.91 Å². The van der Waals surface area contributed by atoms with E-state index in [4.69, 9.17) is 14.1 Å². The third-order valence-electron chi connectivity index (χ3n) is 5.24. The number of rotatable bonds is 12. The number of likely N-dealkylation sites (tertiary alicyclic amines) is 1. The summed E-state index contributed by atoms with van der Waals surface area (Å²) in [5.41, 5.74) is 1.27. The van der Waals surface area contributed by atoms with Crippen molar-refractivity contribution in [1.82, 2.24) is 15.5 Å². The highest BCUT2D eigenvalue weighted by Gasteiger charge is 2.28. The Morgan fingerprint density at radius 3 is 2.81 bits per heavy atom. The van der Waals surface area contributed by atoms with Gasteiger partial charge in [-0.1, -0.05) is 30.3 Å². The smallest absolute Gasteiger partial charge is 0.223 e. The lowest BCUT2D eigenvalue weighted by atomic mass is 10.1. The average molecular weight is 554 g/mol. The third-order valence-corrected chi connectivity index (χ3v) is 5.24. The van der Waals surface area contributed by atoms with Crippen LogP contribution in [0.15, 0.2) is 58.1 Å². The lowest BCUT2D eigenvalue weighted by molar-refractivity contribution is -0.127. The minimum Gasteiger partial charge on any atom is -0.467 e. The molecule has 2 N–H and O–H groups in total. The molecule has 1 unspecified atom stereocenters. The summed E-state index contributed by atoms with van der Waals surface area (Å²) in [4.78, 5) is 19.0. The fourth-order valence-electron chi connectivity index (χ4n) is 3.61. The van der Waals surface area contributed by atoms with Crippen molar-refractivity contribution in [3.05, 3.63) is 60.1 Å². The molecule has 2 heterocycles. The molecule has 1 aliphatic heterocycles. The number of aliphatic imine (C=N–C) groups is 1. The molecule has 1 saturated heterocycles. The summed E-state index contributed by atoms with van der Waals surface area (Å²) in [6.45, 7) is 6.99. The van der Waals surface area contributed by atoms with Crippen LogP contribution in [0.3, 0.4) is 0 Å². The highest BCUT2D eigenvalue weighted by atomic mass is 127. The predicted octanol–water partition coefficient (Wildman–Crippen LogP) is 3.45. The molecule has 0 bridgehead atoms. The fraction of sp³-hybridized carbons (Fsp3) is 0.500. The van der Waals surface area contributed by atoms with Crippen molar-refractivity contribution >= 4 is 35.8 Å². The Balaban J connectivity index is 0.00000363. The topological polar surface area (TPSA) is 79.1 Å². The van der Waals surface area contributed by atoms with Gasteiger partial charge < -0.3 is 24.7 Å². The lowest BCUT2D eigenvalue weighted by Crippen LogP contribution is -2.38. The maximum Gasteiger partial charge on any atom is 0.223 e. The van der Waals surface area contributed by atoms with E-state index in [9.17, 15) is 4.79 Å². The Bertz CT molecular complexity index is 799. The van der Waals surface area contributed by atoms with E-state index in [1.54, 1.807) is 6.26 Å². The van der Waals surface area contributed by atoms with Crippen molar-refractivity contribution in [3.8, 4) is 0 Å². The fourth-order valence-corrected chi connectivity index (χ4v) is 3.61. The van der Waals surface area contributed by atoms with Gasteiger partial charge in [0, 0.05) is 51.7 Å². The van der Waals surface area contributed by atoms with Crippen molar-refractivity contribution < 1.29 is 13.9 Å². The van der Waals surface area contributed by atoms with E-state index < -0.39 is 0 Å². The largest absolute Gasteiger partial charge is 0.467 e. The van der Waals surface area contributed by atoms with Gasteiger partial charge in [0.05, 0.1) is 6.26 Å². The average Bonchev–Trinajstić information content (AvgIpc) is 3.43. The molecule has 3 rings (SSSR count). The van der Waals surface area contributed by atoms with Gasteiger partial charge in [0.25, 0.3) is 0 Å². The molecule has 0 radical (unpaired) electrons. The molecule has 32 heavy (non-hydrogen) atoms. The van der Waals surface area contributed by atoms with Crippen LogP contribution in [-0.4, -0.2) is 56.1 Å². The zero-order valence-corrected chi connectivity index (χ0v) is 21.1. The second kappa shape index (κ2) is 14.9. The van der Waals surface area contributed by atoms with Gasteiger partial charge in [0.15, 0.2) is 5.96 Å². The minimum atomic E-state index is 0. The van der Waals surface area contributed by atoms with Crippen LogP contribution in [0.1, 0.15) is 31.1 Å². The molecule has 0 aliphatic carbocycles. The summed E-state index contributed by atoms with van der Waals surface area (Å²) in [7, 11) is 0. The van der Waals surface area contributed by atoms with Crippen molar-refractivity contribution in [2.45, 2.75) is 32.8 Å². The van der Waals surface area contributed by atoms with E-state index in [0.29, 0.717) is 26.2 Å². The summed E-state index contributed by atoms with van der Waals surface area (Å²) < 4.78 is 10.8. The third kappa shape index (κ3) is 9.20. The summed E-state index contributed by atoms with van der Waals surface area (Å²) in [5, 5.41) is 6.62. The Morgan fingerprint density at radius 1 is 1.22 bits per heavy atom.